The van der Waals surface area contributed by atoms with Gasteiger partial charge in [0, 0.05) is 38.8 Å². The molecular weight excluding hydrogens is 399 g/mol. The van der Waals surface area contributed by atoms with Gasteiger partial charge >= 0.3 is 0 Å². The van der Waals surface area contributed by atoms with E-state index in [0.717, 1.165) is 25.2 Å². The van der Waals surface area contributed by atoms with Crippen LogP contribution in [0.3, 0.4) is 0 Å². The van der Waals surface area contributed by atoms with Gasteiger partial charge in [-0.15, -0.1) is 0 Å². The lowest BCUT2D eigenvalue weighted by Gasteiger charge is -2.34. The first kappa shape index (κ1) is 20.9. The van der Waals surface area contributed by atoms with E-state index in [2.05, 4.69) is 4.90 Å². The molecule has 0 atom stereocenters. The molecule has 2 heterocycles. The summed E-state index contributed by atoms with van der Waals surface area (Å²) in [5.74, 6) is 1.93. The number of halogens is 1. The molecule has 162 valence electrons. The summed E-state index contributed by atoms with van der Waals surface area (Å²) in [7, 11) is 1.60. The highest BCUT2D eigenvalue weighted by molar-refractivity contribution is 5.91. The molecule has 7 heteroatoms. The highest BCUT2D eigenvalue weighted by Gasteiger charge is 2.24. The lowest BCUT2D eigenvalue weighted by molar-refractivity contribution is 0.0594. The van der Waals surface area contributed by atoms with Gasteiger partial charge in [-0.1, -0.05) is 18.2 Å². The van der Waals surface area contributed by atoms with Crippen LogP contribution in [0.1, 0.15) is 21.9 Å². The molecule has 0 radical (unpaired) electrons. The average Bonchev–Trinajstić information content (AvgIpc) is 3.28. The standard InChI is InChI=1S/C24H25FN2O4/c1-29-20-3-2-4-21(15-20)30-17-22-9-10-23(31-22)24(28)27-13-11-26(12-14-27)16-18-5-7-19(25)8-6-18/h2-10,15H,11-14,16-17H2,1H3. The van der Waals surface area contributed by atoms with E-state index in [9.17, 15) is 9.18 Å². The molecule has 0 aliphatic carbocycles. The largest absolute Gasteiger partial charge is 0.497 e. The van der Waals surface area contributed by atoms with Crippen molar-refractivity contribution in [1.29, 1.82) is 0 Å². The SMILES string of the molecule is COc1cccc(OCc2ccc(C(=O)N3CCN(Cc4ccc(F)cc4)CC3)o2)c1. The first-order valence-electron chi connectivity index (χ1n) is 10.2. The van der Waals surface area contributed by atoms with E-state index in [0.29, 0.717) is 36.1 Å². The van der Waals surface area contributed by atoms with Gasteiger partial charge in [0.15, 0.2) is 5.76 Å². The lowest BCUT2D eigenvalue weighted by Crippen LogP contribution is -2.48. The van der Waals surface area contributed by atoms with Crippen molar-refractivity contribution >= 4 is 5.91 Å². The number of hydrogen-bond donors (Lipinski definition) is 0. The molecule has 0 N–H and O–H groups in total. The molecule has 1 aliphatic heterocycles. The van der Waals surface area contributed by atoms with Gasteiger partial charge in [0.2, 0.25) is 0 Å². The maximum atomic E-state index is 13.1. The summed E-state index contributed by atoms with van der Waals surface area (Å²) in [6.45, 7) is 3.73. The van der Waals surface area contributed by atoms with Gasteiger partial charge in [-0.2, -0.15) is 0 Å². The molecule has 1 aromatic heterocycles. The number of benzene rings is 2. The van der Waals surface area contributed by atoms with Crippen LogP contribution in [0.4, 0.5) is 4.39 Å². The lowest BCUT2D eigenvalue weighted by atomic mass is 10.2. The summed E-state index contributed by atoms with van der Waals surface area (Å²) >= 11 is 0. The molecule has 0 bridgehead atoms. The van der Waals surface area contributed by atoms with E-state index in [1.165, 1.54) is 12.1 Å². The number of piperazine rings is 1. The normalized spacial score (nSPS) is 14.5. The Hall–Kier alpha value is -3.32. The molecule has 2 aromatic carbocycles. The molecule has 31 heavy (non-hydrogen) atoms. The van der Waals surface area contributed by atoms with E-state index in [4.69, 9.17) is 13.9 Å². The monoisotopic (exact) mass is 424 g/mol. The summed E-state index contributed by atoms with van der Waals surface area (Å²) in [4.78, 5) is 16.8. The topological polar surface area (TPSA) is 55.2 Å². The quantitative estimate of drug-likeness (QED) is 0.575. The number of furan rings is 1. The number of hydrogen-bond acceptors (Lipinski definition) is 5. The van der Waals surface area contributed by atoms with Gasteiger partial charge in [0.25, 0.3) is 5.91 Å². The van der Waals surface area contributed by atoms with Crippen LogP contribution in [0.2, 0.25) is 0 Å². The van der Waals surface area contributed by atoms with E-state index in [-0.39, 0.29) is 18.3 Å². The maximum Gasteiger partial charge on any atom is 0.289 e. The zero-order valence-electron chi connectivity index (χ0n) is 17.4. The van der Waals surface area contributed by atoms with Gasteiger partial charge in [-0.3, -0.25) is 9.69 Å². The molecule has 4 rings (SSSR count). The van der Waals surface area contributed by atoms with Crippen molar-refractivity contribution in [1.82, 2.24) is 9.80 Å². The molecule has 3 aromatic rings. The third-order valence-corrected chi connectivity index (χ3v) is 5.27. The van der Waals surface area contributed by atoms with Crippen LogP contribution in [0.5, 0.6) is 11.5 Å². The van der Waals surface area contributed by atoms with Crippen molar-refractivity contribution in [2.45, 2.75) is 13.2 Å². The van der Waals surface area contributed by atoms with Crippen LogP contribution in [-0.2, 0) is 13.2 Å². The van der Waals surface area contributed by atoms with E-state index in [1.807, 2.05) is 18.2 Å². The van der Waals surface area contributed by atoms with Crippen molar-refractivity contribution in [2.24, 2.45) is 0 Å². The smallest absolute Gasteiger partial charge is 0.289 e. The highest BCUT2D eigenvalue weighted by atomic mass is 19.1. The van der Waals surface area contributed by atoms with Crippen LogP contribution in [0.25, 0.3) is 0 Å². The van der Waals surface area contributed by atoms with Crippen LogP contribution in [0.15, 0.2) is 65.1 Å². The van der Waals surface area contributed by atoms with E-state index >= 15 is 0 Å². The Bertz CT molecular complexity index is 1010. The molecule has 1 fully saturated rings. The second kappa shape index (κ2) is 9.66. The Morgan fingerprint density at radius 3 is 2.48 bits per heavy atom. The minimum absolute atomic E-state index is 0.117. The second-order valence-electron chi connectivity index (χ2n) is 7.43. The van der Waals surface area contributed by atoms with Gasteiger partial charge in [0.1, 0.15) is 29.7 Å². The molecule has 1 aliphatic rings. The summed E-state index contributed by atoms with van der Waals surface area (Å²) < 4.78 is 29.7. The Kier molecular flexibility index (Phi) is 6.52. The fourth-order valence-corrected chi connectivity index (χ4v) is 3.53. The zero-order valence-corrected chi connectivity index (χ0v) is 17.4. The number of nitrogens with zero attached hydrogens (tertiary/aromatic N) is 2. The van der Waals surface area contributed by atoms with Crippen LogP contribution in [0, 0.1) is 5.82 Å². The van der Waals surface area contributed by atoms with Gasteiger partial charge in [-0.05, 0) is 42.0 Å². The number of carbonyl (C=O) groups excluding carboxylic acids is 1. The van der Waals surface area contributed by atoms with Gasteiger partial charge < -0.3 is 18.8 Å². The summed E-state index contributed by atoms with van der Waals surface area (Å²) in [5, 5.41) is 0. The van der Waals surface area contributed by atoms with Gasteiger partial charge in [-0.25, -0.2) is 4.39 Å². The highest BCUT2D eigenvalue weighted by Crippen LogP contribution is 2.21. The Morgan fingerprint density at radius 1 is 1.00 bits per heavy atom. The zero-order chi connectivity index (χ0) is 21.6. The fraction of sp³-hybridized carbons (Fsp3) is 0.292. The van der Waals surface area contributed by atoms with Crippen molar-refractivity contribution < 1.29 is 23.1 Å². The first-order chi connectivity index (χ1) is 15.1. The molecule has 0 unspecified atom stereocenters. The van der Waals surface area contributed by atoms with E-state index in [1.54, 1.807) is 42.3 Å². The molecule has 6 nitrogen and oxygen atoms in total. The van der Waals surface area contributed by atoms with Crippen molar-refractivity contribution in [3.8, 4) is 11.5 Å². The maximum absolute atomic E-state index is 13.1. The number of methoxy groups -OCH3 is 1. The first-order valence-corrected chi connectivity index (χ1v) is 10.2. The molecule has 0 spiro atoms. The van der Waals surface area contributed by atoms with Crippen LogP contribution in [-0.4, -0.2) is 49.0 Å². The molecular formula is C24H25FN2O4. The molecule has 1 saturated heterocycles. The minimum Gasteiger partial charge on any atom is -0.497 e. The minimum atomic E-state index is -0.231. The van der Waals surface area contributed by atoms with Crippen molar-refractivity contribution in [3.05, 3.63) is 83.6 Å². The summed E-state index contributed by atoms with van der Waals surface area (Å²) in [6.07, 6.45) is 0. The summed E-state index contributed by atoms with van der Waals surface area (Å²) in [5.41, 5.74) is 1.06. The number of rotatable bonds is 7. The third-order valence-electron chi connectivity index (χ3n) is 5.27. The van der Waals surface area contributed by atoms with Crippen LogP contribution >= 0.6 is 0 Å². The predicted octanol–water partition coefficient (Wildman–Crippen LogP) is 3.96. The van der Waals surface area contributed by atoms with E-state index < -0.39 is 0 Å². The number of ether oxygens (including phenoxy) is 2. The number of amides is 1. The summed E-state index contributed by atoms with van der Waals surface area (Å²) in [6, 6.07) is 17.3. The second-order valence-corrected chi connectivity index (χ2v) is 7.43. The Morgan fingerprint density at radius 2 is 1.74 bits per heavy atom. The van der Waals surface area contributed by atoms with Gasteiger partial charge in [0.05, 0.1) is 7.11 Å². The van der Waals surface area contributed by atoms with Crippen LogP contribution < -0.4 is 9.47 Å². The molecule has 0 saturated carbocycles. The molecule has 1 amide bonds. The predicted molar refractivity (Wildman–Crippen MR) is 114 cm³/mol. The van der Waals surface area contributed by atoms with Crippen molar-refractivity contribution in [2.75, 3.05) is 33.3 Å². The number of carbonyl (C=O) groups is 1. The fourth-order valence-electron chi connectivity index (χ4n) is 3.53. The average molecular weight is 424 g/mol. The Balaban J connectivity index is 1.27. The third kappa shape index (κ3) is 5.44. The van der Waals surface area contributed by atoms with Crippen molar-refractivity contribution in [3.63, 3.8) is 0 Å². The Labute approximate surface area is 180 Å².